The fourth-order valence-electron chi connectivity index (χ4n) is 2.32. The summed E-state index contributed by atoms with van der Waals surface area (Å²) in [5.41, 5.74) is -3.86. The molecule has 27 heavy (non-hydrogen) atoms. The molecular formula is C15H15BrF6N2O3. The monoisotopic (exact) mass is 464 g/mol. The number of nitrogens with zero attached hydrogens (tertiary/aromatic N) is 1. The lowest BCUT2D eigenvalue weighted by molar-refractivity contribution is -0.155. The van der Waals surface area contributed by atoms with E-state index in [1.54, 1.807) is 0 Å². The summed E-state index contributed by atoms with van der Waals surface area (Å²) in [6, 6.07) is 0.683. The Hall–Kier alpha value is -1.56. The average Bonchev–Trinajstić information content (AvgIpc) is 3.34. The number of carbonyl (C=O) groups excluding carboxylic acids is 1. The summed E-state index contributed by atoms with van der Waals surface area (Å²) in [5, 5.41) is 12.3. The van der Waals surface area contributed by atoms with Crippen molar-refractivity contribution in [3.05, 3.63) is 21.8 Å². The van der Waals surface area contributed by atoms with Crippen LogP contribution in [0.5, 0.6) is 5.88 Å². The second-order valence-corrected chi connectivity index (χ2v) is 7.24. The SMILES string of the molecule is CC(O)(CNC(=O)c1cc(Br)c(OCC(F)(F)F)nc1C(F)(F)F)C1CC1. The summed E-state index contributed by atoms with van der Waals surface area (Å²) in [6.07, 6.45) is -8.39. The summed E-state index contributed by atoms with van der Waals surface area (Å²) in [6.45, 7) is -0.665. The maximum atomic E-state index is 13.2. The molecule has 1 aromatic rings. The van der Waals surface area contributed by atoms with Gasteiger partial charge in [-0.05, 0) is 47.7 Å². The second-order valence-electron chi connectivity index (χ2n) is 6.39. The van der Waals surface area contributed by atoms with Crippen LogP contribution < -0.4 is 10.1 Å². The van der Waals surface area contributed by atoms with E-state index in [2.05, 4.69) is 31.0 Å². The van der Waals surface area contributed by atoms with Crippen molar-refractivity contribution in [3.8, 4) is 5.88 Å². The summed E-state index contributed by atoms with van der Waals surface area (Å²) in [4.78, 5) is 15.2. The van der Waals surface area contributed by atoms with E-state index in [9.17, 15) is 36.2 Å². The number of nitrogens with one attached hydrogen (secondary N) is 1. The molecule has 2 N–H and O–H groups in total. The van der Waals surface area contributed by atoms with Gasteiger partial charge in [-0.3, -0.25) is 4.79 Å². The van der Waals surface area contributed by atoms with Crippen molar-refractivity contribution in [2.24, 2.45) is 5.92 Å². The molecule has 12 heteroatoms. The zero-order chi connectivity index (χ0) is 20.6. The summed E-state index contributed by atoms with van der Waals surface area (Å²) < 4.78 is 80.2. The van der Waals surface area contributed by atoms with E-state index in [-0.39, 0.29) is 16.9 Å². The standard InChI is InChI=1S/C15H15BrF6N2O3/c1-13(26,7-2-3-7)5-23-11(25)8-4-9(16)12(27-6-14(17,18)19)24-10(8)15(20,21)22/h4,7,26H,2-3,5-6H2,1H3,(H,23,25). The van der Waals surface area contributed by atoms with E-state index in [1.807, 2.05) is 0 Å². The molecule has 0 aromatic carbocycles. The van der Waals surface area contributed by atoms with Gasteiger partial charge in [0.2, 0.25) is 5.88 Å². The molecule has 1 heterocycles. The van der Waals surface area contributed by atoms with Gasteiger partial charge >= 0.3 is 12.4 Å². The predicted molar refractivity (Wildman–Crippen MR) is 84.2 cm³/mol. The van der Waals surface area contributed by atoms with Crippen LogP contribution in [0.4, 0.5) is 26.3 Å². The molecule has 0 saturated heterocycles. The number of carbonyl (C=O) groups is 1. The molecule has 5 nitrogen and oxygen atoms in total. The van der Waals surface area contributed by atoms with Crippen LogP contribution in [0.15, 0.2) is 10.5 Å². The zero-order valence-electron chi connectivity index (χ0n) is 13.8. The lowest BCUT2D eigenvalue weighted by Gasteiger charge is -2.23. The van der Waals surface area contributed by atoms with Crippen LogP contribution in [0, 0.1) is 5.92 Å². The number of aromatic nitrogens is 1. The highest BCUT2D eigenvalue weighted by Gasteiger charge is 2.42. The van der Waals surface area contributed by atoms with Gasteiger partial charge in [0.25, 0.3) is 5.91 Å². The van der Waals surface area contributed by atoms with Gasteiger partial charge in [-0.2, -0.15) is 26.3 Å². The van der Waals surface area contributed by atoms with Crippen molar-refractivity contribution in [1.82, 2.24) is 10.3 Å². The van der Waals surface area contributed by atoms with Crippen molar-refractivity contribution in [2.45, 2.75) is 37.7 Å². The molecule has 1 saturated carbocycles. The minimum absolute atomic E-state index is 0.0529. The van der Waals surface area contributed by atoms with Crippen molar-refractivity contribution in [1.29, 1.82) is 0 Å². The molecule has 0 spiro atoms. The van der Waals surface area contributed by atoms with E-state index in [1.165, 1.54) is 6.92 Å². The van der Waals surface area contributed by atoms with Gasteiger partial charge < -0.3 is 15.2 Å². The number of hydrogen-bond donors (Lipinski definition) is 2. The van der Waals surface area contributed by atoms with E-state index < -0.39 is 47.6 Å². The molecule has 1 amide bonds. The van der Waals surface area contributed by atoms with Crippen LogP contribution in [0.1, 0.15) is 35.8 Å². The third kappa shape index (κ3) is 5.96. The van der Waals surface area contributed by atoms with Gasteiger partial charge in [0, 0.05) is 6.54 Å². The van der Waals surface area contributed by atoms with E-state index in [4.69, 9.17) is 0 Å². The quantitative estimate of drug-likeness (QED) is 0.629. The van der Waals surface area contributed by atoms with Gasteiger partial charge in [-0.15, -0.1) is 0 Å². The lowest BCUT2D eigenvalue weighted by Crippen LogP contribution is -2.42. The van der Waals surface area contributed by atoms with Crippen LogP contribution in [-0.4, -0.2) is 40.9 Å². The molecule has 1 aliphatic rings. The largest absolute Gasteiger partial charge is 0.467 e. The average molecular weight is 465 g/mol. The van der Waals surface area contributed by atoms with Crippen LogP contribution in [0.3, 0.4) is 0 Å². The topological polar surface area (TPSA) is 71.5 Å². The second kappa shape index (κ2) is 7.46. The number of halogens is 7. The van der Waals surface area contributed by atoms with Crippen LogP contribution in [0.2, 0.25) is 0 Å². The Morgan fingerprint density at radius 2 is 1.93 bits per heavy atom. The van der Waals surface area contributed by atoms with Gasteiger partial charge in [0.05, 0.1) is 15.6 Å². The number of amides is 1. The zero-order valence-corrected chi connectivity index (χ0v) is 15.4. The van der Waals surface area contributed by atoms with E-state index in [0.717, 1.165) is 12.8 Å². The first kappa shape index (κ1) is 21.7. The van der Waals surface area contributed by atoms with Crippen molar-refractivity contribution in [3.63, 3.8) is 0 Å². The number of hydrogen-bond acceptors (Lipinski definition) is 4. The van der Waals surface area contributed by atoms with Crippen LogP contribution in [0.25, 0.3) is 0 Å². The molecule has 1 unspecified atom stereocenters. The minimum Gasteiger partial charge on any atom is -0.467 e. The Bertz CT molecular complexity index is 717. The Labute approximate surface area is 158 Å². The fraction of sp³-hybridized carbons (Fsp3) is 0.600. The van der Waals surface area contributed by atoms with Gasteiger partial charge in [0.1, 0.15) is 0 Å². The van der Waals surface area contributed by atoms with Crippen molar-refractivity contribution >= 4 is 21.8 Å². The maximum absolute atomic E-state index is 13.2. The summed E-state index contributed by atoms with van der Waals surface area (Å²) in [5.74, 6) is -2.16. The van der Waals surface area contributed by atoms with E-state index >= 15 is 0 Å². The highest BCUT2D eigenvalue weighted by atomic mass is 79.9. The Morgan fingerprint density at radius 3 is 2.41 bits per heavy atom. The summed E-state index contributed by atoms with van der Waals surface area (Å²) in [7, 11) is 0. The lowest BCUT2D eigenvalue weighted by atomic mass is 10.0. The molecule has 152 valence electrons. The first-order chi connectivity index (χ1) is 12.2. The highest BCUT2D eigenvalue weighted by Crippen LogP contribution is 2.39. The van der Waals surface area contributed by atoms with Gasteiger partial charge in [0.15, 0.2) is 12.3 Å². The Morgan fingerprint density at radius 1 is 1.33 bits per heavy atom. The number of alkyl halides is 6. The highest BCUT2D eigenvalue weighted by molar-refractivity contribution is 9.10. The smallest absolute Gasteiger partial charge is 0.434 e. The van der Waals surface area contributed by atoms with Crippen molar-refractivity contribution in [2.75, 3.05) is 13.2 Å². The van der Waals surface area contributed by atoms with Gasteiger partial charge in [-0.25, -0.2) is 4.98 Å². The van der Waals surface area contributed by atoms with E-state index in [0.29, 0.717) is 6.07 Å². The third-order valence-electron chi connectivity index (χ3n) is 3.89. The summed E-state index contributed by atoms with van der Waals surface area (Å²) >= 11 is 2.76. The molecule has 1 aliphatic carbocycles. The molecule has 1 aromatic heterocycles. The Kier molecular flexibility index (Phi) is 6.00. The molecule has 0 aliphatic heterocycles. The molecule has 1 fully saturated rings. The maximum Gasteiger partial charge on any atom is 0.434 e. The molecular weight excluding hydrogens is 450 g/mol. The number of aliphatic hydroxyl groups is 1. The Balaban J connectivity index is 2.26. The first-order valence-electron chi connectivity index (χ1n) is 7.68. The predicted octanol–water partition coefficient (Wildman–Crippen LogP) is 3.69. The minimum atomic E-state index is -5.11. The number of rotatable bonds is 6. The van der Waals surface area contributed by atoms with Crippen LogP contribution >= 0.6 is 15.9 Å². The van der Waals surface area contributed by atoms with Crippen LogP contribution in [-0.2, 0) is 6.18 Å². The molecule has 0 radical (unpaired) electrons. The molecule has 2 rings (SSSR count). The number of pyridine rings is 1. The third-order valence-corrected chi connectivity index (χ3v) is 4.46. The van der Waals surface area contributed by atoms with Crippen molar-refractivity contribution < 1.29 is 41.0 Å². The fourth-order valence-corrected chi connectivity index (χ4v) is 2.75. The molecule has 1 atom stereocenters. The number of ether oxygens (including phenoxy) is 1. The first-order valence-corrected chi connectivity index (χ1v) is 8.48. The normalized spacial score (nSPS) is 17.4. The van der Waals surface area contributed by atoms with Gasteiger partial charge in [-0.1, -0.05) is 0 Å². The molecule has 0 bridgehead atoms.